The molecule has 1 atom stereocenters. The highest BCUT2D eigenvalue weighted by molar-refractivity contribution is 9.10. The Bertz CT molecular complexity index is 537. The smallest absolute Gasteiger partial charge is 0.119 e. The summed E-state index contributed by atoms with van der Waals surface area (Å²) < 4.78 is 6.24. The Hall–Kier alpha value is -1.32. The number of halogens is 1. The van der Waals surface area contributed by atoms with E-state index in [4.69, 9.17) is 10.5 Å². The van der Waals surface area contributed by atoms with Crippen LogP contribution in [0.5, 0.6) is 5.75 Å². The molecule has 0 aliphatic carbocycles. The first kappa shape index (κ1) is 13.1. The molecule has 2 N–H and O–H groups in total. The van der Waals surface area contributed by atoms with Crippen LogP contribution in [0, 0.1) is 6.92 Å². The lowest BCUT2D eigenvalue weighted by atomic mass is 9.98. The van der Waals surface area contributed by atoms with Crippen LogP contribution in [0.1, 0.15) is 22.7 Å². The predicted molar refractivity (Wildman–Crippen MR) is 77.9 cm³/mol. The van der Waals surface area contributed by atoms with Crippen LogP contribution in [-0.2, 0) is 0 Å². The second kappa shape index (κ2) is 5.55. The molecule has 0 heterocycles. The van der Waals surface area contributed by atoms with E-state index in [1.807, 2.05) is 18.2 Å². The van der Waals surface area contributed by atoms with E-state index in [-0.39, 0.29) is 6.04 Å². The van der Waals surface area contributed by atoms with Gasteiger partial charge in [0.1, 0.15) is 5.75 Å². The average molecular weight is 306 g/mol. The van der Waals surface area contributed by atoms with Crippen molar-refractivity contribution >= 4 is 15.9 Å². The number of aryl methyl sites for hydroxylation is 1. The molecule has 0 spiro atoms. The summed E-state index contributed by atoms with van der Waals surface area (Å²) in [4.78, 5) is 0. The minimum absolute atomic E-state index is 0.157. The number of ether oxygens (including phenoxy) is 1. The van der Waals surface area contributed by atoms with E-state index in [9.17, 15) is 0 Å². The van der Waals surface area contributed by atoms with Gasteiger partial charge in [0.05, 0.1) is 13.2 Å². The molecule has 0 saturated carbocycles. The molecule has 94 valence electrons. The fourth-order valence-corrected chi connectivity index (χ4v) is 2.33. The lowest BCUT2D eigenvalue weighted by Gasteiger charge is -2.15. The van der Waals surface area contributed by atoms with Crippen molar-refractivity contribution in [3.63, 3.8) is 0 Å². The first-order valence-electron chi connectivity index (χ1n) is 5.77. The van der Waals surface area contributed by atoms with Crippen LogP contribution in [0.2, 0.25) is 0 Å². The lowest BCUT2D eigenvalue weighted by Crippen LogP contribution is -2.12. The van der Waals surface area contributed by atoms with Gasteiger partial charge in [0.15, 0.2) is 0 Å². The molecule has 0 aliphatic rings. The Morgan fingerprint density at radius 3 is 2.39 bits per heavy atom. The number of rotatable bonds is 3. The van der Waals surface area contributed by atoms with E-state index >= 15 is 0 Å². The van der Waals surface area contributed by atoms with Gasteiger partial charge in [-0.2, -0.15) is 0 Å². The standard InChI is InChI=1S/C15H16BrNO/c1-10-3-5-11(6-4-10)15(17)13-9-12(18-2)7-8-14(13)16/h3-9,15H,17H2,1-2H3. The van der Waals surface area contributed by atoms with Crippen LogP contribution in [0.25, 0.3) is 0 Å². The van der Waals surface area contributed by atoms with Gasteiger partial charge in [-0.25, -0.2) is 0 Å². The molecular weight excluding hydrogens is 290 g/mol. The van der Waals surface area contributed by atoms with Crippen LogP contribution in [0.3, 0.4) is 0 Å². The highest BCUT2D eigenvalue weighted by atomic mass is 79.9. The fourth-order valence-electron chi connectivity index (χ4n) is 1.84. The SMILES string of the molecule is COc1ccc(Br)c(C(N)c2ccc(C)cc2)c1. The molecule has 0 aliphatic heterocycles. The maximum atomic E-state index is 6.31. The Kier molecular flexibility index (Phi) is 4.04. The van der Waals surface area contributed by atoms with Crippen LogP contribution >= 0.6 is 15.9 Å². The minimum Gasteiger partial charge on any atom is -0.497 e. The van der Waals surface area contributed by atoms with Crippen LogP contribution in [-0.4, -0.2) is 7.11 Å². The number of nitrogens with two attached hydrogens (primary N) is 1. The van der Waals surface area contributed by atoms with Gasteiger partial charge in [-0.1, -0.05) is 45.8 Å². The average Bonchev–Trinajstić information content (AvgIpc) is 2.39. The Morgan fingerprint density at radius 1 is 1.11 bits per heavy atom. The molecule has 0 amide bonds. The zero-order valence-corrected chi connectivity index (χ0v) is 12.1. The summed E-state index contributed by atoms with van der Waals surface area (Å²) in [7, 11) is 1.66. The second-order valence-corrected chi connectivity index (χ2v) is 5.13. The van der Waals surface area contributed by atoms with Crippen LogP contribution in [0.15, 0.2) is 46.9 Å². The number of methoxy groups -OCH3 is 1. The third-order valence-corrected chi connectivity index (χ3v) is 3.70. The van der Waals surface area contributed by atoms with Crippen molar-refractivity contribution < 1.29 is 4.74 Å². The van der Waals surface area contributed by atoms with Crippen LogP contribution < -0.4 is 10.5 Å². The van der Waals surface area contributed by atoms with Crippen molar-refractivity contribution in [2.75, 3.05) is 7.11 Å². The van der Waals surface area contributed by atoms with Gasteiger partial charge in [-0.3, -0.25) is 0 Å². The van der Waals surface area contributed by atoms with E-state index in [1.54, 1.807) is 7.11 Å². The summed E-state index contributed by atoms with van der Waals surface area (Å²) in [5.41, 5.74) is 9.66. The number of hydrogen-bond acceptors (Lipinski definition) is 2. The molecule has 0 bridgehead atoms. The molecule has 2 aromatic carbocycles. The van der Waals surface area contributed by atoms with Gasteiger partial charge in [-0.05, 0) is 36.2 Å². The van der Waals surface area contributed by atoms with E-state index < -0.39 is 0 Å². The molecule has 2 aromatic rings. The van der Waals surface area contributed by atoms with Crippen molar-refractivity contribution in [1.82, 2.24) is 0 Å². The monoisotopic (exact) mass is 305 g/mol. The van der Waals surface area contributed by atoms with E-state index in [0.717, 1.165) is 21.3 Å². The van der Waals surface area contributed by atoms with E-state index in [0.29, 0.717) is 0 Å². The van der Waals surface area contributed by atoms with Crippen molar-refractivity contribution in [2.24, 2.45) is 5.73 Å². The fraction of sp³-hybridized carbons (Fsp3) is 0.200. The van der Waals surface area contributed by atoms with Crippen molar-refractivity contribution in [3.05, 3.63) is 63.6 Å². The summed E-state index contributed by atoms with van der Waals surface area (Å²) >= 11 is 3.54. The van der Waals surface area contributed by atoms with Crippen molar-refractivity contribution in [2.45, 2.75) is 13.0 Å². The molecule has 2 rings (SSSR count). The van der Waals surface area contributed by atoms with E-state index in [1.165, 1.54) is 5.56 Å². The molecular formula is C15H16BrNO. The molecule has 0 aromatic heterocycles. The maximum absolute atomic E-state index is 6.31. The van der Waals surface area contributed by atoms with E-state index in [2.05, 4.69) is 47.1 Å². The highest BCUT2D eigenvalue weighted by Gasteiger charge is 2.13. The Labute approximate surface area is 116 Å². The van der Waals surface area contributed by atoms with Crippen molar-refractivity contribution in [1.29, 1.82) is 0 Å². The molecule has 3 heteroatoms. The first-order chi connectivity index (χ1) is 8.61. The van der Waals surface area contributed by atoms with Gasteiger partial charge < -0.3 is 10.5 Å². The largest absolute Gasteiger partial charge is 0.497 e. The zero-order valence-electron chi connectivity index (χ0n) is 10.5. The quantitative estimate of drug-likeness (QED) is 0.936. The molecule has 18 heavy (non-hydrogen) atoms. The van der Waals surface area contributed by atoms with Gasteiger partial charge in [0.2, 0.25) is 0 Å². The summed E-state index contributed by atoms with van der Waals surface area (Å²) in [6.07, 6.45) is 0. The predicted octanol–water partition coefficient (Wildman–Crippen LogP) is 3.81. The number of hydrogen-bond donors (Lipinski definition) is 1. The second-order valence-electron chi connectivity index (χ2n) is 4.28. The van der Waals surface area contributed by atoms with Crippen LogP contribution in [0.4, 0.5) is 0 Å². The molecule has 0 fully saturated rings. The lowest BCUT2D eigenvalue weighted by molar-refractivity contribution is 0.414. The summed E-state index contributed by atoms with van der Waals surface area (Å²) in [5.74, 6) is 0.816. The molecule has 1 unspecified atom stereocenters. The maximum Gasteiger partial charge on any atom is 0.119 e. The first-order valence-corrected chi connectivity index (χ1v) is 6.56. The summed E-state index contributed by atoms with van der Waals surface area (Å²) in [6.45, 7) is 2.07. The Balaban J connectivity index is 2.38. The third-order valence-electron chi connectivity index (χ3n) is 2.97. The van der Waals surface area contributed by atoms with Gasteiger partial charge in [0.25, 0.3) is 0 Å². The van der Waals surface area contributed by atoms with Gasteiger partial charge >= 0.3 is 0 Å². The van der Waals surface area contributed by atoms with Gasteiger partial charge in [-0.15, -0.1) is 0 Å². The molecule has 0 saturated heterocycles. The third kappa shape index (κ3) is 2.74. The number of benzene rings is 2. The topological polar surface area (TPSA) is 35.2 Å². The van der Waals surface area contributed by atoms with Gasteiger partial charge in [0, 0.05) is 4.47 Å². The molecule has 0 radical (unpaired) electrons. The normalized spacial score (nSPS) is 12.2. The minimum atomic E-state index is -0.157. The summed E-state index contributed by atoms with van der Waals surface area (Å²) in [6, 6.07) is 14.0. The summed E-state index contributed by atoms with van der Waals surface area (Å²) in [5, 5.41) is 0. The molecule has 2 nitrogen and oxygen atoms in total. The Morgan fingerprint density at radius 2 is 1.78 bits per heavy atom. The van der Waals surface area contributed by atoms with Crippen molar-refractivity contribution in [3.8, 4) is 5.75 Å². The highest BCUT2D eigenvalue weighted by Crippen LogP contribution is 2.30. The zero-order chi connectivity index (χ0) is 13.1.